The maximum absolute atomic E-state index is 12.2. The number of ether oxygens (including phenoxy) is 1. The molecule has 0 saturated carbocycles. The summed E-state index contributed by atoms with van der Waals surface area (Å²) in [5.41, 5.74) is 2.25. The van der Waals surface area contributed by atoms with Gasteiger partial charge in [0.25, 0.3) is 0 Å². The number of ketones is 1. The number of Topliss-reactive ketones (excluding diaryl/α,β-unsaturated/α-hetero) is 1. The highest BCUT2D eigenvalue weighted by Crippen LogP contribution is 2.33. The average molecular weight is 316 g/mol. The Morgan fingerprint density at radius 1 is 1.45 bits per heavy atom. The molecule has 1 aliphatic rings. The molecule has 1 aliphatic carbocycles. The van der Waals surface area contributed by atoms with Crippen LogP contribution in [0.25, 0.3) is 11.2 Å². The van der Waals surface area contributed by atoms with Crippen molar-refractivity contribution in [3.05, 3.63) is 41.0 Å². The number of carbonyl (C=O) groups is 1. The summed E-state index contributed by atoms with van der Waals surface area (Å²) in [7, 11) is 3.41. The molecular formula is C15H16N4O2S. The number of imidazole rings is 1. The average Bonchev–Trinajstić information content (AvgIpc) is 2.98. The zero-order valence-electron chi connectivity index (χ0n) is 12.6. The topological polar surface area (TPSA) is 68.5 Å². The van der Waals surface area contributed by atoms with Gasteiger partial charge in [0.1, 0.15) is 5.76 Å². The highest BCUT2D eigenvalue weighted by molar-refractivity contribution is 8.03. The van der Waals surface area contributed by atoms with Crippen LogP contribution in [-0.2, 0) is 9.53 Å². The molecule has 0 saturated heterocycles. The minimum absolute atomic E-state index is 0.0901. The number of fused-ring (bicyclic) bond motifs is 1. The number of rotatable bonds is 4. The van der Waals surface area contributed by atoms with Crippen LogP contribution in [0.1, 0.15) is 12.1 Å². The number of methoxy groups -OCH3 is 1. The lowest BCUT2D eigenvalue weighted by Crippen LogP contribution is -2.09. The molecule has 0 radical (unpaired) electrons. The number of hydrogen-bond donors (Lipinski definition) is 1. The Labute approximate surface area is 132 Å². The quantitative estimate of drug-likeness (QED) is 0.934. The van der Waals surface area contributed by atoms with Crippen molar-refractivity contribution in [1.29, 1.82) is 0 Å². The predicted octanol–water partition coefficient (Wildman–Crippen LogP) is 2.35. The standard InChI is InChI=1S/C15H16N4O2S/c1-16-14-15-18-10(8-19(15)5-4-17-14)9-6-11(20)13(22-3)7-12(9)21-2/h4-5,7-8H,6H2,1-3H3,(H,16,17). The lowest BCUT2D eigenvalue weighted by molar-refractivity contribution is -0.114. The molecule has 0 spiro atoms. The lowest BCUT2D eigenvalue weighted by Gasteiger charge is -2.16. The molecular weight excluding hydrogens is 300 g/mol. The molecule has 2 aromatic heterocycles. The first-order valence-electron chi connectivity index (χ1n) is 6.75. The van der Waals surface area contributed by atoms with E-state index < -0.39 is 0 Å². The third kappa shape index (κ3) is 2.37. The minimum Gasteiger partial charge on any atom is -0.496 e. The second-order valence-electron chi connectivity index (χ2n) is 4.74. The fourth-order valence-corrected chi connectivity index (χ4v) is 2.96. The predicted molar refractivity (Wildman–Crippen MR) is 87.7 cm³/mol. The molecule has 3 rings (SSSR count). The normalized spacial score (nSPS) is 15.2. The molecule has 0 amide bonds. The molecule has 0 bridgehead atoms. The van der Waals surface area contributed by atoms with Crippen LogP contribution in [0.15, 0.2) is 35.3 Å². The van der Waals surface area contributed by atoms with Crippen LogP contribution in [0.5, 0.6) is 0 Å². The van der Waals surface area contributed by atoms with Crippen molar-refractivity contribution >= 4 is 34.6 Å². The summed E-state index contributed by atoms with van der Waals surface area (Å²) in [6.07, 6.45) is 9.38. The van der Waals surface area contributed by atoms with E-state index in [9.17, 15) is 4.79 Å². The first kappa shape index (κ1) is 14.6. The van der Waals surface area contributed by atoms with E-state index in [2.05, 4.69) is 15.3 Å². The van der Waals surface area contributed by atoms with Crippen LogP contribution in [0.2, 0.25) is 0 Å². The van der Waals surface area contributed by atoms with Crippen molar-refractivity contribution in [3.63, 3.8) is 0 Å². The number of anilines is 1. The summed E-state index contributed by atoms with van der Waals surface area (Å²) in [5, 5.41) is 3.01. The van der Waals surface area contributed by atoms with Crippen molar-refractivity contribution in [3.8, 4) is 0 Å². The van der Waals surface area contributed by atoms with Gasteiger partial charge in [0.2, 0.25) is 0 Å². The summed E-state index contributed by atoms with van der Waals surface area (Å²) < 4.78 is 7.33. The monoisotopic (exact) mass is 316 g/mol. The van der Waals surface area contributed by atoms with Crippen molar-refractivity contribution in [1.82, 2.24) is 14.4 Å². The van der Waals surface area contributed by atoms with Gasteiger partial charge in [-0.1, -0.05) is 0 Å². The van der Waals surface area contributed by atoms with Gasteiger partial charge in [-0.05, 0) is 12.3 Å². The van der Waals surface area contributed by atoms with Crippen LogP contribution in [0.4, 0.5) is 5.82 Å². The van der Waals surface area contributed by atoms with Gasteiger partial charge in [-0.2, -0.15) is 0 Å². The molecule has 0 atom stereocenters. The Hall–Kier alpha value is -2.28. The van der Waals surface area contributed by atoms with Gasteiger partial charge in [0.05, 0.1) is 17.7 Å². The van der Waals surface area contributed by atoms with Crippen molar-refractivity contribution in [2.75, 3.05) is 25.7 Å². The Morgan fingerprint density at radius 2 is 2.27 bits per heavy atom. The van der Waals surface area contributed by atoms with Crippen LogP contribution < -0.4 is 5.32 Å². The third-order valence-corrected chi connectivity index (χ3v) is 4.32. The Balaban J connectivity index is 2.15. The molecule has 0 fully saturated rings. The maximum atomic E-state index is 12.2. The Morgan fingerprint density at radius 3 is 2.95 bits per heavy atom. The highest BCUT2D eigenvalue weighted by Gasteiger charge is 2.24. The van der Waals surface area contributed by atoms with E-state index in [-0.39, 0.29) is 5.78 Å². The maximum Gasteiger partial charge on any atom is 0.180 e. The van der Waals surface area contributed by atoms with E-state index in [0.29, 0.717) is 22.9 Å². The smallest absolute Gasteiger partial charge is 0.180 e. The van der Waals surface area contributed by atoms with Crippen molar-refractivity contribution < 1.29 is 9.53 Å². The van der Waals surface area contributed by atoms with Gasteiger partial charge >= 0.3 is 0 Å². The lowest BCUT2D eigenvalue weighted by atomic mass is 10.00. The van der Waals surface area contributed by atoms with E-state index >= 15 is 0 Å². The van der Waals surface area contributed by atoms with E-state index in [1.54, 1.807) is 26.4 Å². The third-order valence-electron chi connectivity index (χ3n) is 3.53. The van der Waals surface area contributed by atoms with Crippen LogP contribution in [-0.4, -0.2) is 40.6 Å². The minimum atomic E-state index is 0.0901. The zero-order valence-corrected chi connectivity index (χ0v) is 13.4. The largest absolute Gasteiger partial charge is 0.496 e. The summed E-state index contributed by atoms with van der Waals surface area (Å²) in [4.78, 5) is 21.7. The van der Waals surface area contributed by atoms with Gasteiger partial charge in [-0.15, -0.1) is 11.8 Å². The molecule has 22 heavy (non-hydrogen) atoms. The molecule has 2 heterocycles. The van der Waals surface area contributed by atoms with E-state index in [1.807, 2.05) is 23.1 Å². The highest BCUT2D eigenvalue weighted by atomic mass is 32.2. The number of hydrogen-bond acceptors (Lipinski definition) is 6. The summed E-state index contributed by atoms with van der Waals surface area (Å²) >= 11 is 1.43. The first-order chi connectivity index (χ1) is 10.7. The zero-order chi connectivity index (χ0) is 15.7. The molecule has 7 heteroatoms. The molecule has 1 N–H and O–H groups in total. The summed E-state index contributed by atoms with van der Waals surface area (Å²) in [6, 6.07) is 0. The van der Waals surface area contributed by atoms with Crippen LogP contribution >= 0.6 is 11.8 Å². The molecule has 6 nitrogen and oxygen atoms in total. The number of nitrogens with zero attached hydrogens (tertiary/aromatic N) is 3. The second-order valence-corrected chi connectivity index (χ2v) is 5.59. The fourth-order valence-electron chi connectivity index (χ4n) is 2.43. The van der Waals surface area contributed by atoms with Gasteiger partial charge in [0, 0.05) is 37.6 Å². The van der Waals surface area contributed by atoms with Crippen molar-refractivity contribution in [2.24, 2.45) is 0 Å². The molecule has 0 aromatic carbocycles. The number of thioether (sulfide) groups is 1. The van der Waals surface area contributed by atoms with E-state index in [1.165, 1.54) is 11.8 Å². The number of aromatic nitrogens is 3. The Bertz CT molecular complexity index is 807. The fraction of sp³-hybridized carbons (Fsp3) is 0.267. The number of allylic oxidation sites excluding steroid dienone is 3. The molecule has 0 unspecified atom stereocenters. The molecule has 0 aliphatic heterocycles. The second kappa shape index (κ2) is 5.84. The van der Waals surface area contributed by atoms with Crippen molar-refractivity contribution in [2.45, 2.75) is 6.42 Å². The van der Waals surface area contributed by atoms with Crippen LogP contribution in [0, 0.1) is 0 Å². The molecule has 114 valence electrons. The van der Waals surface area contributed by atoms with Gasteiger partial charge in [-0.3, -0.25) is 4.79 Å². The van der Waals surface area contributed by atoms with Gasteiger partial charge in [-0.25, -0.2) is 9.97 Å². The SMILES string of the molecule is CNc1nccn2cc(C3=C(OC)C=C(SC)C(=O)C3)nc12. The Kier molecular flexibility index (Phi) is 3.89. The first-order valence-corrected chi connectivity index (χ1v) is 7.98. The number of nitrogens with one attached hydrogen (secondary N) is 1. The number of carbonyl (C=O) groups excluding carboxylic acids is 1. The van der Waals surface area contributed by atoms with Gasteiger partial charge in [0.15, 0.2) is 17.2 Å². The van der Waals surface area contributed by atoms with Gasteiger partial charge < -0.3 is 14.5 Å². The summed E-state index contributed by atoms with van der Waals surface area (Å²) in [6.45, 7) is 0. The van der Waals surface area contributed by atoms with E-state index in [0.717, 1.165) is 16.9 Å². The molecule has 2 aromatic rings. The summed E-state index contributed by atoms with van der Waals surface area (Å²) in [5.74, 6) is 1.47. The van der Waals surface area contributed by atoms with Crippen LogP contribution in [0.3, 0.4) is 0 Å². The van der Waals surface area contributed by atoms with E-state index in [4.69, 9.17) is 4.74 Å².